The van der Waals surface area contributed by atoms with Crippen LogP contribution >= 0.6 is 11.6 Å². The predicted molar refractivity (Wildman–Crippen MR) is 115 cm³/mol. The fourth-order valence-corrected chi connectivity index (χ4v) is 2.81. The number of nitrogens with zero attached hydrogens (tertiary/aromatic N) is 1. The van der Waals surface area contributed by atoms with Crippen molar-refractivity contribution in [3.63, 3.8) is 0 Å². The average molecular weight is 458 g/mol. The van der Waals surface area contributed by atoms with E-state index in [0.29, 0.717) is 0 Å². The number of rotatable bonds is 7. The largest absolute Gasteiger partial charge is 0.459 e. The number of amides is 2. The summed E-state index contributed by atoms with van der Waals surface area (Å²) in [5, 5.41) is 15.7. The molecule has 0 fully saturated rings. The minimum Gasteiger partial charge on any atom is -0.459 e. The Morgan fingerprint density at radius 2 is 1.81 bits per heavy atom. The van der Waals surface area contributed by atoms with Crippen LogP contribution in [-0.4, -0.2) is 28.8 Å². The van der Waals surface area contributed by atoms with Gasteiger partial charge in [-0.1, -0.05) is 23.7 Å². The molecule has 0 bridgehead atoms. The summed E-state index contributed by atoms with van der Waals surface area (Å²) >= 11 is 5.96. The molecule has 0 radical (unpaired) electrons. The highest BCUT2D eigenvalue weighted by atomic mass is 35.5. The number of halogens is 1. The monoisotopic (exact) mass is 457 g/mol. The maximum absolute atomic E-state index is 12.6. The molecule has 3 aromatic rings. The lowest BCUT2D eigenvalue weighted by molar-refractivity contribution is -0.384. The van der Waals surface area contributed by atoms with E-state index in [1.54, 1.807) is 18.2 Å². The predicted octanol–water partition coefficient (Wildman–Crippen LogP) is 4.28. The molecule has 1 aromatic heterocycles. The molecule has 0 saturated heterocycles. The standard InChI is InChI=1S/C21H16ClN3O7/c1-12(19(26)24-17-9-8-13(25(29)30)11-15(17)22)32-21(28)14-5-2-3-6-16(14)23-20(27)18-7-4-10-31-18/h2-12H,1H3,(H,23,27)(H,24,26). The first-order valence-corrected chi connectivity index (χ1v) is 9.53. The van der Waals surface area contributed by atoms with Crippen LogP contribution in [0.2, 0.25) is 5.02 Å². The van der Waals surface area contributed by atoms with Gasteiger partial charge in [-0.15, -0.1) is 0 Å². The number of carbonyl (C=O) groups excluding carboxylic acids is 3. The fourth-order valence-electron chi connectivity index (χ4n) is 2.59. The number of ether oxygens (including phenoxy) is 1. The van der Waals surface area contributed by atoms with Crippen LogP contribution < -0.4 is 10.6 Å². The fraction of sp³-hybridized carbons (Fsp3) is 0.0952. The number of anilines is 2. The number of nitrogens with one attached hydrogen (secondary N) is 2. The summed E-state index contributed by atoms with van der Waals surface area (Å²) in [6.07, 6.45) is 0.106. The van der Waals surface area contributed by atoms with E-state index >= 15 is 0 Å². The van der Waals surface area contributed by atoms with Crippen LogP contribution in [0.25, 0.3) is 0 Å². The molecule has 3 rings (SSSR count). The summed E-state index contributed by atoms with van der Waals surface area (Å²) in [6, 6.07) is 12.7. The normalized spacial score (nSPS) is 11.3. The number of furan rings is 1. The Bertz CT molecular complexity index is 1180. The van der Waals surface area contributed by atoms with Crippen molar-refractivity contribution in [2.24, 2.45) is 0 Å². The van der Waals surface area contributed by atoms with Crippen molar-refractivity contribution in [2.45, 2.75) is 13.0 Å². The number of hydrogen-bond donors (Lipinski definition) is 2. The molecule has 0 aliphatic rings. The number of nitro groups is 1. The van der Waals surface area contributed by atoms with Gasteiger partial charge in [0.05, 0.1) is 33.1 Å². The van der Waals surface area contributed by atoms with Gasteiger partial charge in [-0.3, -0.25) is 19.7 Å². The summed E-state index contributed by atoms with van der Waals surface area (Å²) in [4.78, 5) is 47.4. The first-order valence-electron chi connectivity index (χ1n) is 9.16. The lowest BCUT2D eigenvalue weighted by Gasteiger charge is -2.15. The maximum atomic E-state index is 12.6. The molecule has 164 valence electrons. The van der Waals surface area contributed by atoms with E-state index < -0.39 is 28.8 Å². The molecule has 2 N–H and O–H groups in total. The molecule has 0 spiro atoms. The van der Waals surface area contributed by atoms with Crippen molar-refractivity contribution < 1.29 is 28.5 Å². The van der Waals surface area contributed by atoms with Gasteiger partial charge in [0.2, 0.25) is 0 Å². The molecule has 2 aromatic carbocycles. The van der Waals surface area contributed by atoms with Crippen LogP contribution in [0.3, 0.4) is 0 Å². The average Bonchev–Trinajstić information content (AvgIpc) is 3.30. The van der Waals surface area contributed by atoms with E-state index in [1.807, 2.05) is 0 Å². The van der Waals surface area contributed by atoms with Crippen LogP contribution in [0.5, 0.6) is 0 Å². The summed E-state index contributed by atoms with van der Waals surface area (Å²) in [5.74, 6) is -2.06. The zero-order valence-electron chi connectivity index (χ0n) is 16.5. The van der Waals surface area contributed by atoms with Gasteiger partial charge in [0.1, 0.15) is 0 Å². The van der Waals surface area contributed by atoms with Crippen LogP contribution in [-0.2, 0) is 9.53 Å². The number of hydrogen-bond acceptors (Lipinski definition) is 7. The SMILES string of the molecule is CC(OC(=O)c1ccccc1NC(=O)c1ccco1)C(=O)Nc1ccc([N+](=O)[O-])cc1Cl. The lowest BCUT2D eigenvalue weighted by atomic mass is 10.1. The van der Waals surface area contributed by atoms with E-state index in [2.05, 4.69) is 10.6 Å². The van der Waals surface area contributed by atoms with Gasteiger partial charge >= 0.3 is 5.97 Å². The van der Waals surface area contributed by atoms with Crippen LogP contribution in [0.15, 0.2) is 65.3 Å². The molecule has 1 atom stereocenters. The van der Waals surface area contributed by atoms with Crippen LogP contribution in [0.1, 0.15) is 27.8 Å². The Kier molecular flexibility index (Phi) is 6.86. The van der Waals surface area contributed by atoms with Crippen molar-refractivity contribution in [3.05, 3.63) is 87.3 Å². The smallest absolute Gasteiger partial charge is 0.341 e. The first kappa shape index (κ1) is 22.5. The minimum absolute atomic E-state index is 0.0282. The van der Waals surface area contributed by atoms with Crippen molar-refractivity contribution in [1.82, 2.24) is 0 Å². The Hall–Kier alpha value is -4.18. The molecule has 11 heteroatoms. The topological polar surface area (TPSA) is 141 Å². The Morgan fingerprint density at radius 1 is 1.06 bits per heavy atom. The zero-order valence-corrected chi connectivity index (χ0v) is 17.3. The summed E-state index contributed by atoms with van der Waals surface area (Å²) in [7, 11) is 0. The van der Waals surface area contributed by atoms with Crippen molar-refractivity contribution in [1.29, 1.82) is 0 Å². The van der Waals surface area contributed by atoms with Gasteiger partial charge in [-0.05, 0) is 37.3 Å². The van der Waals surface area contributed by atoms with Crippen molar-refractivity contribution in [3.8, 4) is 0 Å². The molecule has 10 nitrogen and oxygen atoms in total. The summed E-state index contributed by atoms with van der Waals surface area (Å²) in [6.45, 7) is 1.34. The molecule has 1 heterocycles. The van der Waals surface area contributed by atoms with E-state index in [1.165, 1.54) is 43.5 Å². The van der Waals surface area contributed by atoms with Gasteiger partial charge in [-0.25, -0.2) is 4.79 Å². The molecule has 2 amide bonds. The van der Waals surface area contributed by atoms with Crippen LogP contribution in [0, 0.1) is 10.1 Å². The molecule has 0 aliphatic carbocycles. The van der Waals surface area contributed by atoms with Gasteiger partial charge in [0.15, 0.2) is 11.9 Å². The third kappa shape index (κ3) is 5.29. The highest BCUT2D eigenvalue weighted by molar-refractivity contribution is 6.34. The number of non-ortho nitro benzene ring substituents is 1. The second kappa shape index (κ2) is 9.75. The lowest BCUT2D eigenvalue weighted by Crippen LogP contribution is -2.30. The van der Waals surface area contributed by atoms with Gasteiger partial charge < -0.3 is 19.8 Å². The van der Waals surface area contributed by atoms with Gasteiger partial charge in [0, 0.05) is 12.1 Å². The van der Waals surface area contributed by atoms with E-state index in [9.17, 15) is 24.5 Å². The number of carbonyl (C=O) groups is 3. The molecule has 0 aliphatic heterocycles. The third-order valence-corrected chi connectivity index (χ3v) is 4.53. The second-order valence-electron chi connectivity index (χ2n) is 6.44. The van der Waals surface area contributed by atoms with E-state index in [0.717, 1.165) is 6.07 Å². The number of nitro benzene ring substituents is 1. The summed E-state index contributed by atoms with van der Waals surface area (Å²) in [5.41, 5.74) is 0.0855. The Balaban J connectivity index is 1.67. The van der Waals surface area contributed by atoms with Crippen LogP contribution in [0.4, 0.5) is 17.1 Å². The molecular formula is C21H16ClN3O7. The number of para-hydroxylation sites is 1. The van der Waals surface area contributed by atoms with E-state index in [-0.39, 0.29) is 33.4 Å². The summed E-state index contributed by atoms with van der Waals surface area (Å²) < 4.78 is 10.2. The Morgan fingerprint density at radius 3 is 2.47 bits per heavy atom. The maximum Gasteiger partial charge on any atom is 0.341 e. The second-order valence-corrected chi connectivity index (χ2v) is 6.84. The highest BCUT2D eigenvalue weighted by Gasteiger charge is 2.23. The van der Waals surface area contributed by atoms with E-state index in [4.69, 9.17) is 20.8 Å². The minimum atomic E-state index is -1.23. The first-order chi connectivity index (χ1) is 15.3. The van der Waals surface area contributed by atoms with Crippen molar-refractivity contribution >= 4 is 46.4 Å². The highest BCUT2D eigenvalue weighted by Crippen LogP contribution is 2.27. The number of benzene rings is 2. The number of esters is 1. The molecular weight excluding hydrogens is 442 g/mol. The zero-order chi connectivity index (χ0) is 23.3. The Labute approximate surface area is 186 Å². The van der Waals surface area contributed by atoms with Gasteiger partial charge in [0.25, 0.3) is 17.5 Å². The third-order valence-electron chi connectivity index (χ3n) is 4.21. The molecule has 32 heavy (non-hydrogen) atoms. The molecule has 0 saturated carbocycles. The quantitative estimate of drug-likeness (QED) is 0.306. The molecule has 1 unspecified atom stereocenters. The van der Waals surface area contributed by atoms with Crippen molar-refractivity contribution in [2.75, 3.05) is 10.6 Å². The van der Waals surface area contributed by atoms with Gasteiger partial charge in [-0.2, -0.15) is 0 Å².